The van der Waals surface area contributed by atoms with Gasteiger partial charge in [-0.25, -0.2) is 24.9 Å². The van der Waals surface area contributed by atoms with Crippen LogP contribution in [0.5, 0.6) is 17.2 Å². The average molecular weight is 981 g/mol. The fourth-order valence-corrected chi connectivity index (χ4v) is 8.71. The van der Waals surface area contributed by atoms with Crippen molar-refractivity contribution in [3.05, 3.63) is 252 Å². The van der Waals surface area contributed by atoms with Crippen molar-refractivity contribution in [2.75, 3.05) is 7.05 Å². The minimum atomic E-state index is -5.81. The third-order valence-corrected chi connectivity index (χ3v) is 12.4. The van der Waals surface area contributed by atoms with Gasteiger partial charge in [0, 0.05) is 34.9 Å². The second kappa shape index (κ2) is 20.1. The SMILES string of the molecule is CN1C(c2ccccc2)=NC(C2=CC=C(Oc3ccc(C(c4ccc(Oc5ccc(-c6nc(-c7ccccc7)nc(-c7ccccc7)n6)cc5)cc4)(C(F)(F)F)C(F)(F)F)cc3)C=CC2)=NC1c1ccccc1. The second-order valence-electron chi connectivity index (χ2n) is 17.1. The maximum Gasteiger partial charge on any atom is 0.411 e. The Morgan fingerprint density at radius 1 is 0.479 bits per heavy atom. The first-order valence-electron chi connectivity index (χ1n) is 23.1. The number of aliphatic imine (C=N–C) groups is 2. The van der Waals surface area contributed by atoms with Crippen LogP contribution < -0.4 is 9.47 Å². The molecule has 2 heterocycles. The van der Waals surface area contributed by atoms with Gasteiger partial charge in [-0.2, -0.15) is 26.3 Å². The first-order valence-corrected chi connectivity index (χ1v) is 23.1. The summed E-state index contributed by atoms with van der Waals surface area (Å²) in [5.74, 6) is 3.16. The van der Waals surface area contributed by atoms with Gasteiger partial charge in [0.2, 0.25) is 5.41 Å². The van der Waals surface area contributed by atoms with Crippen molar-refractivity contribution in [1.29, 1.82) is 0 Å². The van der Waals surface area contributed by atoms with E-state index in [1.807, 2.05) is 139 Å². The van der Waals surface area contributed by atoms with Crippen LogP contribution in [0.25, 0.3) is 34.2 Å². The van der Waals surface area contributed by atoms with E-state index in [2.05, 4.69) is 0 Å². The molecule has 0 radical (unpaired) electrons. The predicted molar refractivity (Wildman–Crippen MR) is 270 cm³/mol. The summed E-state index contributed by atoms with van der Waals surface area (Å²) in [6, 6.07) is 52.6. The third kappa shape index (κ3) is 9.92. The average Bonchev–Trinajstić information content (AvgIpc) is 3.65. The fraction of sp³-hybridized carbons (Fsp3) is 0.102. The van der Waals surface area contributed by atoms with Crippen LogP contribution >= 0.6 is 0 Å². The highest BCUT2D eigenvalue weighted by Gasteiger charge is 2.72. The standard InChI is InChI=1S/C59H42F6N6O2/c1-71-55(43-19-10-4-11-20-43)69-54(70-56(71)44-21-12-5-13-22-44)41-23-14-24-47(32-25-41)72-49-35-28-45(29-36-49)57(58(60,61)62,59(63,64)65)46-30-37-50(38-31-46)73-48-33-26-42(27-34-48)53-67-51(39-15-6-2-7-16-39)66-52(68-53)40-17-8-3-9-18-40/h2-22,24-38,55H,23H2,1H3. The molecule has 14 heteroatoms. The Morgan fingerprint density at radius 3 is 1.38 bits per heavy atom. The number of hydrogen-bond acceptors (Lipinski definition) is 8. The van der Waals surface area contributed by atoms with Gasteiger partial charge in [-0.05, 0) is 83.8 Å². The number of rotatable bonds is 12. The summed E-state index contributed by atoms with van der Waals surface area (Å²) in [6.45, 7) is 0. The van der Waals surface area contributed by atoms with E-state index in [0.717, 1.165) is 82.2 Å². The van der Waals surface area contributed by atoms with Crippen LogP contribution in [-0.4, -0.2) is 50.9 Å². The quantitative estimate of drug-likeness (QED) is 0.113. The van der Waals surface area contributed by atoms with Crippen LogP contribution in [0.15, 0.2) is 240 Å². The first kappa shape index (κ1) is 47.8. The monoisotopic (exact) mass is 980 g/mol. The first-order chi connectivity index (χ1) is 35.3. The number of halogens is 6. The molecule has 1 aliphatic heterocycles. The van der Waals surface area contributed by atoms with Crippen LogP contribution in [0.4, 0.5) is 26.3 Å². The molecule has 8 nitrogen and oxygen atoms in total. The number of hydrogen-bond donors (Lipinski definition) is 0. The number of amidine groups is 2. The van der Waals surface area contributed by atoms with E-state index < -0.39 is 28.9 Å². The topological polar surface area (TPSA) is 85.1 Å². The molecule has 1 aliphatic carbocycles. The molecule has 10 rings (SSSR count). The van der Waals surface area contributed by atoms with Gasteiger partial charge in [0.1, 0.15) is 35.0 Å². The van der Waals surface area contributed by atoms with Gasteiger partial charge in [0.25, 0.3) is 0 Å². The Labute approximate surface area is 416 Å². The molecule has 1 unspecified atom stereocenters. The molecule has 1 atom stereocenters. The zero-order valence-corrected chi connectivity index (χ0v) is 38.8. The summed E-state index contributed by atoms with van der Waals surface area (Å²) in [6.07, 6.45) is -4.61. The molecule has 73 heavy (non-hydrogen) atoms. The summed E-state index contributed by atoms with van der Waals surface area (Å²) >= 11 is 0. The lowest BCUT2D eigenvalue weighted by atomic mass is 9.73. The van der Waals surface area contributed by atoms with E-state index >= 15 is 26.3 Å². The van der Waals surface area contributed by atoms with Crippen LogP contribution in [0.3, 0.4) is 0 Å². The predicted octanol–water partition coefficient (Wildman–Crippen LogP) is 14.7. The molecule has 0 saturated carbocycles. The fourth-order valence-electron chi connectivity index (χ4n) is 8.71. The Morgan fingerprint density at radius 2 is 0.904 bits per heavy atom. The largest absolute Gasteiger partial charge is 0.457 e. The molecule has 2 aliphatic rings. The number of benzene rings is 7. The number of ether oxygens (including phenoxy) is 2. The minimum Gasteiger partial charge on any atom is -0.457 e. The number of allylic oxidation sites excluding steroid dienone is 4. The zero-order valence-electron chi connectivity index (χ0n) is 38.8. The van der Waals surface area contributed by atoms with Crippen LogP contribution in [0.1, 0.15) is 34.8 Å². The van der Waals surface area contributed by atoms with Crippen LogP contribution in [0.2, 0.25) is 0 Å². The van der Waals surface area contributed by atoms with Gasteiger partial charge in [-0.1, -0.05) is 158 Å². The van der Waals surface area contributed by atoms with Crippen LogP contribution in [0, 0.1) is 0 Å². The summed E-state index contributed by atoms with van der Waals surface area (Å²) in [5, 5.41) is 0. The zero-order chi connectivity index (χ0) is 50.6. The number of aromatic nitrogens is 3. The lowest BCUT2D eigenvalue weighted by molar-refractivity contribution is -0.288. The molecule has 0 spiro atoms. The molecule has 0 bridgehead atoms. The van der Waals surface area contributed by atoms with E-state index in [1.54, 1.807) is 42.5 Å². The Kier molecular flexibility index (Phi) is 13.1. The molecule has 0 amide bonds. The van der Waals surface area contributed by atoms with Crippen molar-refractivity contribution < 1.29 is 35.8 Å². The smallest absolute Gasteiger partial charge is 0.411 e. The molecule has 0 fully saturated rings. The van der Waals surface area contributed by atoms with E-state index in [9.17, 15) is 0 Å². The molecule has 0 saturated heterocycles. The number of alkyl halides is 6. The summed E-state index contributed by atoms with van der Waals surface area (Å²) in [5.41, 5.74) is -1.63. The summed E-state index contributed by atoms with van der Waals surface area (Å²) in [7, 11) is 1.94. The highest BCUT2D eigenvalue weighted by Crippen LogP contribution is 2.56. The van der Waals surface area contributed by atoms with E-state index in [0.29, 0.717) is 41.1 Å². The van der Waals surface area contributed by atoms with Crippen molar-refractivity contribution in [2.45, 2.75) is 30.4 Å². The maximum absolute atomic E-state index is 15.2. The maximum atomic E-state index is 15.2. The Bertz CT molecular complexity index is 3310. The van der Waals surface area contributed by atoms with Gasteiger partial charge in [0.15, 0.2) is 23.3 Å². The Balaban J connectivity index is 0.881. The normalized spacial score (nSPS) is 15.1. The van der Waals surface area contributed by atoms with E-state index in [1.165, 1.54) is 0 Å². The summed E-state index contributed by atoms with van der Waals surface area (Å²) < 4.78 is 103. The van der Waals surface area contributed by atoms with Crippen molar-refractivity contribution in [2.24, 2.45) is 9.98 Å². The second-order valence-corrected chi connectivity index (χ2v) is 17.1. The molecule has 362 valence electrons. The number of nitrogens with zero attached hydrogens (tertiary/aromatic N) is 6. The van der Waals surface area contributed by atoms with Crippen molar-refractivity contribution in [3.63, 3.8) is 0 Å². The van der Waals surface area contributed by atoms with Crippen molar-refractivity contribution >= 4 is 11.7 Å². The highest BCUT2D eigenvalue weighted by molar-refractivity contribution is 6.13. The van der Waals surface area contributed by atoms with Crippen molar-refractivity contribution in [1.82, 2.24) is 19.9 Å². The molecule has 0 N–H and O–H groups in total. The molecule has 8 aromatic rings. The molecular formula is C59H42F6N6O2. The molecule has 7 aromatic carbocycles. The van der Waals surface area contributed by atoms with Gasteiger partial charge < -0.3 is 14.4 Å². The van der Waals surface area contributed by atoms with E-state index in [-0.39, 0.29) is 23.4 Å². The lowest BCUT2D eigenvalue weighted by Crippen LogP contribution is -2.54. The minimum absolute atomic E-state index is 0.0145. The van der Waals surface area contributed by atoms with Gasteiger partial charge in [-0.15, -0.1) is 0 Å². The van der Waals surface area contributed by atoms with Crippen LogP contribution in [-0.2, 0) is 5.41 Å². The molecule has 1 aromatic heterocycles. The lowest BCUT2D eigenvalue weighted by Gasteiger charge is -2.38. The Hall–Kier alpha value is -8.91. The van der Waals surface area contributed by atoms with E-state index in [4.69, 9.17) is 34.4 Å². The summed E-state index contributed by atoms with van der Waals surface area (Å²) in [4.78, 5) is 26.1. The molecular weight excluding hydrogens is 939 g/mol. The third-order valence-electron chi connectivity index (χ3n) is 12.4. The van der Waals surface area contributed by atoms with Crippen molar-refractivity contribution in [3.8, 4) is 51.4 Å². The highest BCUT2D eigenvalue weighted by atomic mass is 19.4. The van der Waals surface area contributed by atoms with Gasteiger partial charge >= 0.3 is 12.4 Å². The van der Waals surface area contributed by atoms with Gasteiger partial charge in [-0.3, -0.25) is 0 Å². The van der Waals surface area contributed by atoms with Gasteiger partial charge in [0.05, 0.1) is 0 Å².